The van der Waals surface area contributed by atoms with Crippen LogP contribution in [0.1, 0.15) is 29.8 Å². The number of aliphatic hydroxyl groups excluding tert-OH is 1. The second kappa shape index (κ2) is 8.44. The number of hydrogen-bond acceptors (Lipinski definition) is 5. The van der Waals surface area contributed by atoms with Crippen LogP contribution in [0.25, 0.3) is 5.76 Å². The van der Waals surface area contributed by atoms with Crippen LogP contribution in [0.4, 0.5) is 5.69 Å². The van der Waals surface area contributed by atoms with Crippen molar-refractivity contribution >= 4 is 23.1 Å². The number of Topliss-reactive ketones (excluding diaryl/α,β-unsaturated/α-hetero) is 1. The molecule has 1 saturated heterocycles. The summed E-state index contributed by atoms with van der Waals surface area (Å²) in [6.07, 6.45) is 1.60. The molecule has 3 aromatic rings. The topological polar surface area (TPSA) is 79.7 Å². The molecule has 1 unspecified atom stereocenters. The molecule has 0 spiro atoms. The molecule has 1 N–H and O–H groups in total. The number of hydrogen-bond donors (Lipinski definition) is 1. The molecular formula is C25H22N2O4. The standard InChI is InChI=1S/C25H22N2O4/c1-3-31-19-13-11-18(12-14-19)27-22(20-6-4-5-15-26-20)21(24(29)25(27)30)23(28)17-9-7-16(2)8-10-17/h4-15,22,28H,3H2,1-2H3. The normalized spacial score (nSPS) is 17.7. The SMILES string of the molecule is CCOc1ccc(N2C(=O)C(=O)C(=C(O)c3ccc(C)cc3)C2c2ccccn2)cc1. The lowest BCUT2D eigenvalue weighted by Gasteiger charge is -2.24. The summed E-state index contributed by atoms with van der Waals surface area (Å²) in [6, 6.07) is 18.5. The van der Waals surface area contributed by atoms with Gasteiger partial charge in [0.2, 0.25) is 0 Å². The van der Waals surface area contributed by atoms with Crippen LogP contribution in [0, 0.1) is 6.92 Å². The van der Waals surface area contributed by atoms with Gasteiger partial charge in [-0.25, -0.2) is 0 Å². The molecule has 1 fully saturated rings. The number of carbonyl (C=O) groups excluding carboxylic acids is 2. The number of benzene rings is 2. The summed E-state index contributed by atoms with van der Waals surface area (Å²) >= 11 is 0. The van der Waals surface area contributed by atoms with E-state index in [0.717, 1.165) is 5.56 Å². The summed E-state index contributed by atoms with van der Waals surface area (Å²) in [5, 5.41) is 11.0. The molecular weight excluding hydrogens is 392 g/mol. The summed E-state index contributed by atoms with van der Waals surface area (Å²) in [5.74, 6) is -1.02. The highest BCUT2D eigenvalue weighted by Crippen LogP contribution is 2.41. The number of ether oxygens (including phenoxy) is 1. The van der Waals surface area contributed by atoms with E-state index in [1.165, 1.54) is 4.90 Å². The number of aliphatic hydroxyl groups is 1. The van der Waals surface area contributed by atoms with Crippen LogP contribution in [0.2, 0.25) is 0 Å². The Morgan fingerprint density at radius 2 is 1.74 bits per heavy atom. The predicted octanol–water partition coefficient (Wildman–Crippen LogP) is 4.42. The van der Waals surface area contributed by atoms with E-state index < -0.39 is 17.7 Å². The summed E-state index contributed by atoms with van der Waals surface area (Å²) in [4.78, 5) is 31.9. The number of aromatic nitrogens is 1. The van der Waals surface area contributed by atoms with E-state index in [2.05, 4.69) is 4.98 Å². The minimum Gasteiger partial charge on any atom is -0.507 e. The number of aryl methyl sites for hydroxylation is 1. The number of carbonyl (C=O) groups is 2. The largest absolute Gasteiger partial charge is 0.507 e. The third-order valence-corrected chi connectivity index (χ3v) is 5.16. The molecule has 1 aliphatic heterocycles. The summed E-state index contributed by atoms with van der Waals surface area (Å²) in [5.41, 5.74) is 2.51. The second-order valence-electron chi connectivity index (χ2n) is 7.22. The third kappa shape index (κ3) is 3.80. The molecule has 0 aliphatic carbocycles. The number of amides is 1. The van der Waals surface area contributed by atoms with Gasteiger partial charge in [-0.15, -0.1) is 0 Å². The first kappa shape index (κ1) is 20.3. The van der Waals surface area contributed by atoms with Gasteiger partial charge in [-0.2, -0.15) is 0 Å². The van der Waals surface area contributed by atoms with Crippen molar-refractivity contribution in [3.8, 4) is 5.75 Å². The highest BCUT2D eigenvalue weighted by atomic mass is 16.5. The third-order valence-electron chi connectivity index (χ3n) is 5.16. The van der Waals surface area contributed by atoms with E-state index in [1.807, 2.05) is 26.0 Å². The molecule has 1 amide bonds. The number of anilines is 1. The Hall–Kier alpha value is -3.93. The van der Waals surface area contributed by atoms with Crippen LogP contribution in [-0.2, 0) is 9.59 Å². The fraction of sp³-hybridized carbons (Fsp3) is 0.160. The average Bonchev–Trinajstić information content (AvgIpc) is 3.06. The zero-order chi connectivity index (χ0) is 22.0. The Balaban J connectivity index is 1.87. The Kier molecular flexibility index (Phi) is 5.54. The van der Waals surface area contributed by atoms with Gasteiger partial charge in [0.1, 0.15) is 17.6 Å². The van der Waals surface area contributed by atoms with Gasteiger partial charge in [0, 0.05) is 17.4 Å². The van der Waals surface area contributed by atoms with Crippen LogP contribution in [0.15, 0.2) is 78.5 Å². The fourth-order valence-electron chi connectivity index (χ4n) is 3.65. The minimum absolute atomic E-state index is 0.0152. The first-order valence-electron chi connectivity index (χ1n) is 10.0. The van der Waals surface area contributed by atoms with Crippen molar-refractivity contribution in [3.05, 3.63) is 95.3 Å². The van der Waals surface area contributed by atoms with E-state index in [0.29, 0.717) is 29.3 Å². The maximum absolute atomic E-state index is 13.1. The van der Waals surface area contributed by atoms with Crippen molar-refractivity contribution < 1.29 is 19.4 Å². The van der Waals surface area contributed by atoms with Crippen molar-refractivity contribution in [2.24, 2.45) is 0 Å². The van der Waals surface area contributed by atoms with E-state index >= 15 is 0 Å². The molecule has 0 radical (unpaired) electrons. The Bertz CT molecular complexity index is 1140. The van der Waals surface area contributed by atoms with Crippen molar-refractivity contribution in [1.82, 2.24) is 4.98 Å². The Morgan fingerprint density at radius 1 is 1.03 bits per heavy atom. The molecule has 4 rings (SSSR count). The molecule has 2 heterocycles. The molecule has 1 atom stereocenters. The number of ketones is 1. The summed E-state index contributed by atoms with van der Waals surface area (Å²) in [6.45, 7) is 4.34. The number of nitrogens with zero attached hydrogens (tertiary/aromatic N) is 2. The van der Waals surface area contributed by atoms with E-state index in [1.54, 1.807) is 60.8 Å². The summed E-state index contributed by atoms with van der Waals surface area (Å²) in [7, 11) is 0. The van der Waals surface area contributed by atoms with Gasteiger partial charge in [-0.3, -0.25) is 19.5 Å². The number of pyridine rings is 1. The van der Waals surface area contributed by atoms with Gasteiger partial charge in [0.25, 0.3) is 11.7 Å². The number of rotatable bonds is 5. The van der Waals surface area contributed by atoms with Crippen LogP contribution in [-0.4, -0.2) is 28.4 Å². The van der Waals surface area contributed by atoms with Crippen molar-refractivity contribution in [2.45, 2.75) is 19.9 Å². The molecule has 156 valence electrons. The van der Waals surface area contributed by atoms with Crippen molar-refractivity contribution in [2.75, 3.05) is 11.5 Å². The van der Waals surface area contributed by atoms with Gasteiger partial charge < -0.3 is 9.84 Å². The highest BCUT2D eigenvalue weighted by molar-refractivity contribution is 6.51. The fourth-order valence-corrected chi connectivity index (χ4v) is 3.65. The van der Waals surface area contributed by atoms with Crippen LogP contribution >= 0.6 is 0 Å². The Morgan fingerprint density at radius 3 is 2.35 bits per heavy atom. The minimum atomic E-state index is -0.847. The van der Waals surface area contributed by atoms with Crippen molar-refractivity contribution in [1.29, 1.82) is 0 Å². The van der Waals surface area contributed by atoms with Gasteiger partial charge in [-0.1, -0.05) is 35.9 Å². The molecule has 6 nitrogen and oxygen atoms in total. The van der Waals surface area contributed by atoms with Gasteiger partial charge >= 0.3 is 0 Å². The van der Waals surface area contributed by atoms with Crippen LogP contribution < -0.4 is 9.64 Å². The van der Waals surface area contributed by atoms with E-state index in [4.69, 9.17) is 4.74 Å². The van der Waals surface area contributed by atoms with Gasteiger partial charge in [0.05, 0.1) is 17.9 Å². The lowest BCUT2D eigenvalue weighted by molar-refractivity contribution is -0.132. The molecule has 1 aliphatic rings. The summed E-state index contributed by atoms with van der Waals surface area (Å²) < 4.78 is 5.48. The first-order valence-corrected chi connectivity index (χ1v) is 10.0. The van der Waals surface area contributed by atoms with Crippen molar-refractivity contribution in [3.63, 3.8) is 0 Å². The second-order valence-corrected chi connectivity index (χ2v) is 7.22. The molecule has 6 heteroatoms. The molecule has 0 saturated carbocycles. The van der Waals surface area contributed by atoms with Gasteiger partial charge in [-0.05, 0) is 50.2 Å². The Labute approximate surface area is 180 Å². The molecule has 2 aromatic carbocycles. The maximum Gasteiger partial charge on any atom is 0.300 e. The van der Waals surface area contributed by atoms with Gasteiger partial charge in [0.15, 0.2) is 0 Å². The highest BCUT2D eigenvalue weighted by Gasteiger charge is 2.47. The first-order chi connectivity index (χ1) is 15.0. The molecule has 0 bridgehead atoms. The average molecular weight is 414 g/mol. The lowest BCUT2D eigenvalue weighted by atomic mass is 9.97. The zero-order valence-corrected chi connectivity index (χ0v) is 17.3. The predicted molar refractivity (Wildman–Crippen MR) is 118 cm³/mol. The molecule has 1 aromatic heterocycles. The zero-order valence-electron chi connectivity index (χ0n) is 17.3. The van der Waals surface area contributed by atoms with E-state index in [9.17, 15) is 14.7 Å². The molecule has 31 heavy (non-hydrogen) atoms. The quantitative estimate of drug-likeness (QED) is 0.380. The van der Waals surface area contributed by atoms with Crippen LogP contribution in [0.3, 0.4) is 0 Å². The smallest absolute Gasteiger partial charge is 0.300 e. The lowest BCUT2D eigenvalue weighted by Crippen LogP contribution is -2.29. The van der Waals surface area contributed by atoms with E-state index in [-0.39, 0.29) is 11.3 Å². The van der Waals surface area contributed by atoms with Crippen LogP contribution in [0.5, 0.6) is 5.75 Å². The maximum atomic E-state index is 13.1. The monoisotopic (exact) mass is 414 g/mol.